The number of halogens is 1. The van der Waals surface area contributed by atoms with Crippen LogP contribution < -0.4 is 20.3 Å². The summed E-state index contributed by atoms with van der Waals surface area (Å²) in [6, 6.07) is 2.99. The minimum absolute atomic E-state index is 0.00553. The first kappa shape index (κ1) is 34.7. The number of carbonyl (C=O) groups excluding carboxylic acids is 3. The van der Waals surface area contributed by atoms with E-state index >= 15 is 0 Å². The van der Waals surface area contributed by atoms with E-state index in [9.17, 15) is 19.5 Å². The van der Waals surface area contributed by atoms with Gasteiger partial charge in [0.2, 0.25) is 5.91 Å². The molecule has 2 fully saturated rings. The second kappa shape index (κ2) is 13.7. The van der Waals surface area contributed by atoms with E-state index in [4.69, 9.17) is 35.3 Å². The fourth-order valence-corrected chi connectivity index (χ4v) is 6.28. The molecule has 3 aliphatic rings. The van der Waals surface area contributed by atoms with Crippen molar-refractivity contribution >= 4 is 35.3 Å². The fraction of sp³-hybridized carbons (Fsp3) is 0.594. The van der Waals surface area contributed by atoms with Crippen LogP contribution in [0.1, 0.15) is 46.1 Å². The molecule has 2 amide bonds. The molecule has 8 atom stereocenters. The molecule has 0 aromatic heterocycles. The smallest absolute Gasteiger partial charge is 0.409 e. The topological polar surface area (TPSA) is 148 Å². The van der Waals surface area contributed by atoms with Crippen LogP contribution in [0.2, 0.25) is 5.02 Å². The molecule has 4 rings (SSSR count). The number of amides is 2. The van der Waals surface area contributed by atoms with Crippen LogP contribution in [-0.4, -0.2) is 93.2 Å². The molecule has 0 aliphatic carbocycles. The first-order chi connectivity index (χ1) is 21.2. The third kappa shape index (κ3) is 7.30. The summed E-state index contributed by atoms with van der Waals surface area (Å²) in [5.74, 6) is -0.974. The number of aliphatic hydroxyl groups is 1. The number of ether oxygens (including phenoxy) is 5. The van der Waals surface area contributed by atoms with Crippen LogP contribution in [0.15, 0.2) is 35.9 Å². The number of hydrogen-bond acceptors (Lipinski definition) is 10. The Labute approximate surface area is 269 Å². The number of nitrogens with zero attached hydrogens (tertiary/aromatic N) is 1. The first-order valence-electron chi connectivity index (χ1n) is 14.9. The van der Waals surface area contributed by atoms with Crippen LogP contribution in [0.4, 0.5) is 10.5 Å². The molecule has 45 heavy (non-hydrogen) atoms. The van der Waals surface area contributed by atoms with Crippen molar-refractivity contribution in [1.82, 2.24) is 10.6 Å². The number of hydrogen-bond donors (Lipinski definition) is 3. The van der Waals surface area contributed by atoms with E-state index in [-0.39, 0.29) is 23.8 Å². The summed E-state index contributed by atoms with van der Waals surface area (Å²) in [6.45, 7) is 7.17. The van der Waals surface area contributed by atoms with Gasteiger partial charge in [0.25, 0.3) is 0 Å². The van der Waals surface area contributed by atoms with Crippen LogP contribution in [0.25, 0.3) is 0 Å². The number of esters is 1. The second-order valence-electron chi connectivity index (χ2n) is 12.2. The number of nitrogens with one attached hydrogen (secondary N) is 2. The molecule has 0 spiro atoms. The highest BCUT2D eigenvalue weighted by atomic mass is 35.5. The number of benzene rings is 1. The maximum atomic E-state index is 13.8. The van der Waals surface area contributed by atoms with Crippen molar-refractivity contribution in [2.24, 2.45) is 5.92 Å². The van der Waals surface area contributed by atoms with Gasteiger partial charge in [0.1, 0.15) is 40.7 Å². The number of rotatable bonds is 5. The maximum Gasteiger partial charge on any atom is 0.409 e. The number of fused-ring (bicyclic) bond motifs is 5. The van der Waals surface area contributed by atoms with Gasteiger partial charge in [0.15, 0.2) is 5.72 Å². The van der Waals surface area contributed by atoms with E-state index in [2.05, 4.69) is 10.6 Å². The maximum absolute atomic E-state index is 13.8. The molecule has 2 saturated heterocycles. The molecular formula is C32H44ClN3O9. The number of carbonyl (C=O) groups is 3. The van der Waals surface area contributed by atoms with Crippen LogP contribution in [0.5, 0.6) is 5.75 Å². The summed E-state index contributed by atoms with van der Waals surface area (Å²) in [5.41, 5.74) is -0.646. The average molecular weight is 650 g/mol. The summed E-state index contributed by atoms with van der Waals surface area (Å²) in [7, 11) is 6.18. The van der Waals surface area contributed by atoms with Crippen molar-refractivity contribution in [1.29, 1.82) is 0 Å². The zero-order valence-electron chi connectivity index (χ0n) is 27.0. The van der Waals surface area contributed by atoms with Crippen molar-refractivity contribution < 1.29 is 43.2 Å². The Morgan fingerprint density at radius 3 is 2.64 bits per heavy atom. The number of anilines is 1. The van der Waals surface area contributed by atoms with Crippen LogP contribution in [0, 0.1) is 5.92 Å². The number of likely N-dealkylation sites (N-methyl/N-ethyl adjacent to an activating group) is 1. The highest BCUT2D eigenvalue weighted by Gasteiger charge is 2.64. The second-order valence-corrected chi connectivity index (χ2v) is 12.6. The molecule has 4 bridgehead atoms. The predicted molar refractivity (Wildman–Crippen MR) is 167 cm³/mol. The van der Waals surface area contributed by atoms with Crippen molar-refractivity contribution in [3.05, 3.63) is 46.5 Å². The molecule has 3 heterocycles. The lowest BCUT2D eigenvalue weighted by Crippen LogP contribution is -2.63. The molecule has 1 unspecified atom stereocenters. The fourth-order valence-electron chi connectivity index (χ4n) is 5.97. The molecule has 1 aromatic rings. The number of allylic oxidation sites excluding steroid dienone is 3. The monoisotopic (exact) mass is 649 g/mol. The summed E-state index contributed by atoms with van der Waals surface area (Å²) in [4.78, 5) is 40.9. The molecule has 1 aromatic carbocycles. The molecule has 12 nitrogen and oxygen atoms in total. The standard InChI is InChI=1S/C32H44ClN3O9/c1-17-10-9-11-24(42-8)32(40)16-23(43-30(39)35-32)18(2)28-31(4,45-28)25(44-29(38)19(3)34-5)15-26(37)36(6)21-13-20(12-17)14-22(41-7)27(21)33/h9-11,13-14,18-19,23-25,28,34,40H,12,15-16H2,1-8H3,(H,35,39)/b11-9+,17-10+/t18?,19-,23-,24+,25-,28-,31-,32-/m0/s1. The Balaban J connectivity index is 1.80. The molecular weight excluding hydrogens is 606 g/mol. The highest BCUT2D eigenvalue weighted by molar-refractivity contribution is 6.35. The van der Waals surface area contributed by atoms with E-state index in [0.717, 1.165) is 11.1 Å². The van der Waals surface area contributed by atoms with Gasteiger partial charge in [-0.2, -0.15) is 0 Å². The van der Waals surface area contributed by atoms with Crippen molar-refractivity contribution in [3.63, 3.8) is 0 Å². The molecule has 0 saturated carbocycles. The van der Waals surface area contributed by atoms with Gasteiger partial charge in [-0.15, -0.1) is 0 Å². The number of alkyl carbamates (subject to hydrolysis) is 1. The summed E-state index contributed by atoms with van der Waals surface area (Å²) < 4.78 is 28.8. The van der Waals surface area contributed by atoms with Crippen molar-refractivity contribution in [3.8, 4) is 5.75 Å². The molecule has 3 N–H and O–H groups in total. The quantitative estimate of drug-likeness (QED) is 0.321. The van der Waals surface area contributed by atoms with Crippen molar-refractivity contribution in [2.75, 3.05) is 33.2 Å². The molecule has 13 heteroatoms. The van der Waals surface area contributed by atoms with Gasteiger partial charge >= 0.3 is 12.1 Å². The Morgan fingerprint density at radius 1 is 1.29 bits per heavy atom. The largest absolute Gasteiger partial charge is 0.495 e. The average Bonchev–Trinajstić information content (AvgIpc) is 3.69. The normalized spacial score (nSPS) is 34.8. The number of methoxy groups -OCH3 is 2. The summed E-state index contributed by atoms with van der Waals surface area (Å²) >= 11 is 6.69. The zero-order chi connectivity index (χ0) is 33.3. The van der Waals surface area contributed by atoms with E-state index < -0.39 is 59.8 Å². The first-order valence-corrected chi connectivity index (χ1v) is 15.3. The van der Waals surface area contributed by atoms with Gasteiger partial charge in [0.05, 0.1) is 25.3 Å². The van der Waals surface area contributed by atoms with Gasteiger partial charge in [-0.1, -0.05) is 42.3 Å². The SMILES string of the molecule is CN[C@@H](C)C(=O)O[C@H]1CC(=O)N(C)c2cc(cc(OC)c2Cl)C/C(C)=C/C=C/[C@@H](OC)[C@@]2(O)C[C@H](OC(=O)N2)C(C)[C@@H]2O[C@@]12C. The van der Waals surface area contributed by atoms with Crippen LogP contribution in [0.3, 0.4) is 0 Å². The minimum atomic E-state index is -1.78. The zero-order valence-corrected chi connectivity index (χ0v) is 27.8. The lowest BCUT2D eigenvalue weighted by molar-refractivity contribution is -0.155. The van der Waals surface area contributed by atoms with Crippen LogP contribution >= 0.6 is 11.6 Å². The van der Waals surface area contributed by atoms with E-state index in [1.54, 1.807) is 46.2 Å². The number of epoxide rings is 1. The Morgan fingerprint density at radius 2 is 2.00 bits per heavy atom. The summed E-state index contributed by atoms with van der Waals surface area (Å²) in [5, 5.41) is 17.2. The van der Waals surface area contributed by atoms with E-state index in [1.807, 2.05) is 26.0 Å². The van der Waals surface area contributed by atoms with Crippen molar-refractivity contribution in [2.45, 2.75) is 88.7 Å². The Kier molecular flexibility index (Phi) is 10.6. The van der Waals surface area contributed by atoms with Crippen LogP contribution in [-0.2, 0) is 35.0 Å². The van der Waals surface area contributed by atoms with Gasteiger partial charge in [-0.25, -0.2) is 4.79 Å². The lowest BCUT2D eigenvalue weighted by atomic mass is 9.83. The predicted octanol–water partition coefficient (Wildman–Crippen LogP) is 3.28. The van der Waals surface area contributed by atoms with Gasteiger partial charge in [-0.05, 0) is 51.9 Å². The minimum Gasteiger partial charge on any atom is -0.495 e. The Hall–Kier alpha value is -3.16. The van der Waals surface area contributed by atoms with Gasteiger partial charge in [-0.3, -0.25) is 14.9 Å². The molecule has 248 valence electrons. The van der Waals surface area contributed by atoms with E-state index in [0.29, 0.717) is 17.9 Å². The Bertz CT molecular complexity index is 1370. The molecule has 3 aliphatic heterocycles. The third-order valence-corrected chi connectivity index (χ3v) is 9.38. The highest BCUT2D eigenvalue weighted by Crippen LogP contribution is 2.49. The van der Waals surface area contributed by atoms with E-state index in [1.165, 1.54) is 19.1 Å². The lowest BCUT2D eigenvalue weighted by Gasteiger charge is -2.42. The molecule has 0 radical (unpaired) electrons. The third-order valence-electron chi connectivity index (χ3n) is 9.00. The van der Waals surface area contributed by atoms with Gasteiger partial charge in [0, 0.05) is 26.5 Å². The summed E-state index contributed by atoms with van der Waals surface area (Å²) in [6.07, 6.45) is 1.52. The van der Waals surface area contributed by atoms with Gasteiger partial charge < -0.3 is 39.0 Å².